The number of nitrogens with two attached hydrogens (primary N) is 1. The maximum atomic E-state index is 11.9. The van der Waals surface area contributed by atoms with Gasteiger partial charge in [0.05, 0.1) is 30.2 Å². The number of rotatable bonds is 4. The number of aliphatic hydroxyl groups excluding tert-OH is 1. The zero-order chi connectivity index (χ0) is 15.4. The molecule has 116 valence electrons. The number of benzene rings is 1. The molecule has 0 aliphatic carbocycles. The van der Waals surface area contributed by atoms with Crippen molar-refractivity contribution in [2.75, 3.05) is 36.9 Å². The molecule has 6 heteroatoms. The lowest BCUT2D eigenvalue weighted by Crippen LogP contribution is -2.48. The summed E-state index contributed by atoms with van der Waals surface area (Å²) < 4.78 is 5.63. The lowest BCUT2D eigenvalue weighted by atomic mass is 10.1. The highest BCUT2D eigenvalue weighted by Crippen LogP contribution is 2.27. The van der Waals surface area contributed by atoms with E-state index in [1.165, 1.54) is 0 Å². The van der Waals surface area contributed by atoms with E-state index in [1.54, 1.807) is 18.2 Å². The van der Waals surface area contributed by atoms with Gasteiger partial charge in [-0.05, 0) is 32.0 Å². The van der Waals surface area contributed by atoms with Crippen molar-refractivity contribution < 1.29 is 14.6 Å². The molecule has 0 bridgehead atoms. The molecule has 21 heavy (non-hydrogen) atoms. The van der Waals surface area contributed by atoms with Crippen LogP contribution in [0.25, 0.3) is 0 Å². The van der Waals surface area contributed by atoms with Gasteiger partial charge in [-0.15, -0.1) is 0 Å². The summed E-state index contributed by atoms with van der Waals surface area (Å²) in [6.45, 7) is 5.63. The smallest absolute Gasteiger partial charge is 0.251 e. The number of nitrogens with one attached hydrogen (secondary N) is 1. The number of anilines is 2. The highest BCUT2D eigenvalue weighted by molar-refractivity contribution is 5.96. The van der Waals surface area contributed by atoms with Crippen molar-refractivity contribution in [3.63, 3.8) is 0 Å². The Balaban J connectivity index is 2.25. The Bertz CT molecular complexity index is 507. The quantitative estimate of drug-likeness (QED) is 0.708. The van der Waals surface area contributed by atoms with Crippen LogP contribution >= 0.6 is 0 Å². The fourth-order valence-electron chi connectivity index (χ4n) is 2.56. The van der Waals surface area contributed by atoms with Gasteiger partial charge >= 0.3 is 0 Å². The lowest BCUT2D eigenvalue weighted by Gasteiger charge is -2.38. The molecule has 0 spiro atoms. The van der Waals surface area contributed by atoms with Crippen LogP contribution in [0.1, 0.15) is 24.2 Å². The monoisotopic (exact) mass is 293 g/mol. The molecule has 0 saturated carbocycles. The summed E-state index contributed by atoms with van der Waals surface area (Å²) in [5, 5.41) is 12.1. The molecule has 1 saturated heterocycles. The van der Waals surface area contributed by atoms with Crippen LogP contribution in [0.2, 0.25) is 0 Å². The maximum absolute atomic E-state index is 11.9. The van der Waals surface area contributed by atoms with Gasteiger partial charge in [0.25, 0.3) is 5.91 Å². The molecule has 1 aromatic carbocycles. The van der Waals surface area contributed by atoms with Crippen LogP contribution in [0.15, 0.2) is 18.2 Å². The van der Waals surface area contributed by atoms with E-state index in [1.807, 2.05) is 13.8 Å². The van der Waals surface area contributed by atoms with Gasteiger partial charge < -0.3 is 25.8 Å². The predicted octanol–water partition coefficient (Wildman–Crippen LogP) is 0.604. The Kier molecular flexibility index (Phi) is 5.03. The predicted molar refractivity (Wildman–Crippen MR) is 82.5 cm³/mol. The molecule has 0 radical (unpaired) electrons. The number of nitrogen functional groups attached to an aromatic ring is 1. The van der Waals surface area contributed by atoms with E-state index in [0.29, 0.717) is 30.9 Å². The Morgan fingerprint density at radius 3 is 2.95 bits per heavy atom. The molecule has 0 aromatic heterocycles. The summed E-state index contributed by atoms with van der Waals surface area (Å²) in [4.78, 5) is 14.0. The molecule has 1 amide bonds. The zero-order valence-electron chi connectivity index (χ0n) is 12.5. The second-order valence-electron chi connectivity index (χ2n) is 5.29. The fourth-order valence-corrected chi connectivity index (χ4v) is 2.56. The van der Waals surface area contributed by atoms with E-state index in [-0.39, 0.29) is 24.7 Å². The van der Waals surface area contributed by atoms with Crippen LogP contribution < -0.4 is 16.0 Å². The molecule has 1 heterocycles. The molecule has 1 aliphatic rings. The van der Waals surface area contributed by atoms with Gasteiger partial charge in [0, 0.05) is 25.2 Å². The third-order valence-electron chi connectivity index (χ3n) is 3.50. The molecule has 2 rings (SSSR count). The van der Waals surface area contributed by atoms with Crippen molar-refractivity contribution >= 4 is 17.3 Å². The van der Waals surface area contributed by atoms with E-state index >= 15 is 0 Å². The summed E-state index contributed by atoms with van der Waals surface area (Å²) in [6.07, 6.45) is -0.232. The number of hydrogen-bond donors (Lipinski definition) is 3. The normalized spacial score (nSPS) is 22.1. The van der Waals surface area contributed by atoms with Crippen molar-refractivity contribution in [2.24, 2.45) is 0 Å². The molecule has 1 aliphatic heterocycles. The van der Waals surface area contributed by atoms with Crippen LogP contribution in [-0.4, -0.2) is 49.5 Å². The Hall–Kier alpha value is -1.79. The molecule has 2 unspecified atom stereocenters. The molecule has 1 fully saturated rings. The van der Waals surface area contributed by atoms with E-state index < -0.39 is 0 Å². The number of morpholine rings is 1. The molecular formula is C15H23N3O3. The number of carbonyl (C=O) groups excluding carboxylic acids is 1. The molecule has 2 atom stereocenters. The Labute approximate surface area is 124 Å². The summed E-state index contributed by atoms with van der Waals surface area (Å²) in [7, 11) is 0. The van der Waals surface area contributed by atoms with Crippen molar-refractivity contribution in [3.8, 4) is 0 Å². The average molecular weight is 293 g/mol. The third kappa shape index (κ3) is 3.65. The first-order valence-corrected chi connectivity index (χ1v) is 7.24. The van der Waals surface area contributed by atoms with Gasteiger partial charge in [0.1, 0.15) is 0 Å². The van der Waals surface area contributed by atoms with Crippen molar-refractivity contribution in [1.82, 2.24) is 5.32 Å². The first kappa shape index (κ1) is 15.6. The first-order chi connectivity index (χ1) is 10.0. The van der Waals surface area contributed by atoms with Crippen LogP contribution in [-0.2, 0) is 4.74 Å². The van der Waals surface area contributed by atoms with Gasteiger partial charge in [-0.2, -0.15) is 0 Å². The van der Waals surface area contributed by atoms with E-state index in [4.69, 9.17) is 10.5 Å². The molecule has 1 aromatic rings. The van der Waals surface area contributed by atoms with E-state index in [2.05, 4.69) is 10.2 Å². The van der Waals surface area contributed by atoms with Crippen molar-refractivity contribution in [3.05, 3.63) is 23.8 Å². The summed E-state index contributed by atoms with van der Waals surface area (Å²) in [5.41, 5.74) is 8.07. The van der Waals surface area contributed by atoms with Crippen molar-refractivity contribution in [2.45, 2.75) is 26.1 Å². The third-order valence-corrected chi connectivity index (χ3v) is 3.50. The molecule has 4 N–H and O–H groups in total. The van der Waals surface area contributed by atoms with Crippen LogP contribution in [0.4, 0.5) is 11.4 Å². The number of amides is 1. The Morgan fingerprint density at radius 1 is 1.52 bits per heavy atom. The number of carbonyl (C=O) groups is 1. The fraction of sp³-hybridized carbons (Fsp3) is 0.533. The van der Waals surface area contributed by atoms with Gasteiger partial charge in [0.15, 0.2) is 0 Å². The summed E-state index contributed by atoms with van der Waals surface area (Å²) >= 11 is 0. The molecular weight excluding hydrogens is 270 g/mol. The number of nitrogens with zero attached hydrogens (tertiary/aromatic N) is 1. The van der Waals surface area contributed by atoms with Crippen LogP contribution in [0.5, 0.6) is 0 Å². The topological polar surface area (TPSA) is 87.8 Å². The second kappa shape index (κ2) is 6.78. The minimum atomic E-state index is -0.235. The summed E-state index contributed by atoms with van der Waals surface area (Å²) in [6, 6.07) is 5.26. The van der Waals surface area contributed by atoms with Crippen molar-refractivity contribution in [1.29, 1.82) is 0 Å². The van der Waals surface area contributed by atoms with Gasteiger partial charge in [-0.1, -0.05) is 0 Å². The second-order valence-corrected chi connectivity index (χ2v) is 5.29. The highest BCUT2D eigenvalue weighted by Gasteiger charge is 2.26. The SMILES string of the molecule is CCNC(=O)c1ccc(N)c(N2CC(C)OC(CO)C2)c1. The van der Waals surface area contributed by atoms with Crippen LogP contribution in [0, 0.1) is 0 Å². The maximum Gasteiger partial charge on any atom is 0.251 e. The zero-order valence-corrected chi connectivity index (χ0v) is 12.5. The lowest BCUT2D eigenvalue weighted by molar-refractivity contribution is -0.0420. The standard InChI is InChI=1S/C15H23N3O3/c1-3-17-15(20)11-4-5-13(16)14(6-11)18-7-10(2)21-12(8-18)9-19/h4-6,10,12,19H,3,7-9,16H2,1-2H3,(H,17,20). The van der Waals surface area contributed by atoms with E-state index in [0.717, 1.165) is 5.69 Å². The number of hydrogen-bond acceptors (Lipinski definition) is 5. The highest BCUT2D eigenvalue weighted by atomic mass is 16.5. The van der Waals surface area contributed by atoms with Crippen LogP contribution in [0.3, 0.4) is 0 Å². The first-order valence-electron chi connectivity index (χ1n) is 7.24. The van der Waals surface area contributed by atoms with Gasteiger partial charge in [-0.25, -0.2) is 0 Å². The minimum absolute atomic E-state index is 0.00317. The minimum Gasteiger partial charge on any atom is -0.397 e. The molecule has 6 nitrogen and oxygen atoms in total. The summed E-state index contributed by atoms with van der Waals surface area (Å²) in [5.74, 6) is -0.112. The Morgan fingerprint density at radius 2 is 2.29 bits per heavy atom. The van der Waals surface area contributed by atoms with Gasteiger partial charge in [-0.3, -0.25) is 4.79 Å². The number of aliphatic hydroxyl groups is 1. The number of ether oxygens (including phenoxy) is 1. The van der Waals surface area contributed by atoms with Gasteiger partial charge in [0.2, 0.25) is 0 Å². The largest absolute Gasteiger partial charge is 0.397 e. The average Bonchev–Trinajstić information content (AvgIpc) is 2.47. The van der Waals surface area contributed by atoms with E-state index in [9.17, 15) is 9.90 Å².